The number of carbonyl (C=O) groups is 1. The maximum atomic E-state index is 12.5. The molecule has 1 saturated heterocycles. The molecule has 1 aromatic carbocycles. The number of hydrogen-bond donors (Lipinski definition) is 1. The zero-order valence-electron chi connectivity index (χ0n) is 10.4. The van der Waals surface area contributed by atoms with E-state index < -0.39 is 16.1 Å². The van der Waals surface area contributed by atoms with Gasteiger partial charge in [0.1, 0.15) is 0 Å². The number of fused-ring (bicyclic) bond motifs is 1. The van der Waals surface area contributed by atoms with Crippen LogP contribution < -0.4 is 4.72 Å². The Labute approximate surface area is 120 Å². The van der Waals surface area contributed by atoms with E-state index >= 15 is 0 Å². The largest absolute Gasteiger partial charge is 0.285 e. The lowest BCUT2D eigenvalue weighted by Gasteiger charge is -2.12. The number of sulfonamides is 1. The van der Waals surface area contributed by atoms with Crippen LogP contribution in [0.2, 0.25) is 0 Å². The van der Waals surface area contributed by atoms with E-state index in [-0.39, 0.29) is 10.0 Å². The van der Waals surface area contributed by atoms with Gasteiger partial charge in [-0.3, -0.25) is 9.78 Å². The van der Waals surface area contributed by atoms with Crippen molar-refractivity contribution >= 4 is 37.7 Å². The highest BCUT2D eigenvalue weighted by Crippen LogP contribution is 2.25. The lowest BCUT2D eigenvalue weighted by atomic mass is 10.2. The molecule has 5 nitrogen and oxygen atoms in total. The fourth-order valence-corrected chi connectivity index (χ4v) is 4.65. The van der Waals surface area contributed by atoms with Crippen molar-refractivity contribution in [2.75, 3.05) is 5.75 Å². The van der Waals surface area contributed by atoms with Crippen LogP contribution in [0.15, 0.2) is 41.6 Å². The van der Waals surface area contributed by atoms with Gasteiger partial charge >= 0.3 is 0 Å². The van der Waals surface area contributed by atoms with Gasteiger partial charge in [-0.15, -0.1) is 0 Å². The summed E-state index contributed by atoms with van der Waals surface area (Å²) in [7, 11) is -3.72. The Bertz CT molecular complexity index is 769. The Morgan fingerprint density at radius 3 is 2.90 bits per heavy atom. The number of carbonyl (C=O) groups excluding carboxylic acids is 1. The molecule has 20 heavy (non-hydrogen) atoms. The van der Waals surface area contributed by atoms with Gasteiger partial charge in [0.05, 0.1) is 10.9 Å². The van der Waals surface area contributed by atoms with Crippen molar-refractivity contribution in [3.8, 4) is 0 Å². The highest BCUT2D eigenvalue weighted by molar-refractivity contribution is 8.14. The fraction of sp³-hybridized carbons (Fsp3) is 0.231. The Morgan fingerprint density at radius 1 is 1.30 bits per heavy atom. The Kier molecular flexibility index (Phi) is 3.49. The molecule has 1 aliphatic rings. The third-order valence-corrected chi connectivity index (χ3v) is 5.70. The van der Waals surface area contributed by atoms with Gasteiger partial charge in [0.15, 0.2) is 0 Å². The first kappa shape index (κ1) is 13.5. The molecule has 1 fully saturated rings. The van der Waals surface area contributed by atoms with Gasteiger partial charge < -0.3 is 0 Å². The van der Waals surface area contributed by atoms with E-state index in [2.05, 4.69) is 9.71 Å². The summed E-state index contributed by atoms with van der Waals surface area (Å²) in [4.78, 5) is 15.7. The predicted octanol–water partition coefficient (Wildman–Crippen LogP) is 1.55. The van der Waals surface area contributed by atoms with Crippen LogP contribution in [0.4, 0.5) is 0 Å². The second kappa shape index (κ2) is 5.16. The molecule has 0 radical (unpaired) electrons. The molecule has 104 valence electrons. The molecule has 1 aliphatic heterocycles. The molecule has 0 aliphatic carbocycles. The fourth-order valence-electron chi connectivity index (χ4n) is 2.18. The summed E-state index contributed by atoms with van der Waals surface area (Å²) in [6, 6.07) is 6.05. The number of aromatic nitrogens is 1. The monoisotopic (exact) mass is 308 g/mol. The number of rotatable bonds is 3. The highest BCUT2D eigenvalue weighted by atomic mass is 32.2. The topological polar surface area (TPSA) is 76.1 Å². The number of hydrogen-bond acceptors (Lipinski definition) is 5. The van der Waals surface area contributed by atoms with Crippen molar-refractivity contribution in [2.24, 2.45) is 0 Å². The van der Waals surface area contributed by atoms with Crippen molar-refractivity contribution in [2.45, 2.75) is 17.4 Å². The molecule has 1 aromatic heterocycles. The smallest absolute Gasteiger partial charge is 0.241 e. The van der Waals surface area contributed by atoms with E-state index in [9.17, 15) is 13.2 Å². The number of thioether (sulfide) groups is 1. The molecule has 0 amide bonds. The van der Waals surface area contributed by atoms with Gasteiger partial charge in [0.25, 0.3) is 0 Å². The van der Waals surface area contributed by atoms with Crippen molar-refractivity contribution in [1.29, 1.82) is 0 Å². The van der Waals surface area contributed by atoms with Crippen molar-refractivity contribution in [3.05, 3.63) is 36.7 Å². The molecule has 0 bridgehead atoms. The Balaban J connectivity index is 2.03. The predicted molar refractivity (Wildman–Crippen MR) is 77.9 cm³/mol. The van der Waals surface area contributed by atoms with Crippen LogP contribution in [0.1, 0.15) is 6.42 Å². The van der Waals surface area contributed by atoms with Gasteiger partial charge in [0.2, 0.25) is 15.1 Å². The van der Waals surface area contributed by atoms with E-state index in [1.165, 1.54) is 17.8 Å². The normalized spacial score (nSPS) is 19.6. The molecule has 0 spiro atoms. The van der Waals surface area contributed by atoms with E-state index in [1.54, 1.807) is 30.6 Å². The lowest BCUT2D eigenvalue weighted by molar-refractivity contribution is -0.111. The molecule has 7 heteroatoms. The van der Waals surface area contributed by atoms with Crippen LogP contribution in [0.5, 0.6) is 0 Å². The second-order valence-electron chi connectivity index (χ2n) is 4.48. The van der Waals surface area contributed by atoms with Crippen molar-refractivity contribution < 1.29 is 13.2 Å². The first-order chi connectivity index (χ1) is 9.58. The summed E-state index contributed by atoms with van der Waals surface area (Å²) in [6.45, 7) is 0. The van der Waals surface area contributed by atoms with E-state index in [0.717, 1.165) is 5.39 Å². The zero-order valence-corrected chi connectivity index (χ0v) is 12.1. The van der Waals surface area contributed by atoms with Gasteiger partial charge in [-0.25, -0.2) is 8.42 Å². The SMILES string of the molecule is O=C1SCCC1NS(=O)(=O)c1cccc2cnccc12. The molecule has 1 unspecified atom stereocenters. The minimum Gasteiger partial charge on any atom is -0.285 e. The summed E-state index contributed by atoms with van der Waals surface area (Å²) in [6.07, 6.45) is 3.71. The Morgan fingerprint density at radius 2 is 2.15 bits per heavy atom. The molecule has 3 rings (SSSR count). The minimum absolute atomic E-state index is 0.115. The van der Waals surface area contributed by atoms with Gasteiger partial charge in [-0.05, 0) is 18.6 Å². The van der Waals surface area contributed by atoms with Crippen LogP contribution in [0, 0.1) is 0 Å². The summed E-state index contributed by atoms with van der Waals surface area (Å²) < 4.78 is 27.4. The van der Waals surface area contributed by atoms with Crippen LogP contribution in [0.3, 0.4) is 0 Å². The minimum atomic E-state index is -3.72. The molecular formula is C13H12N2O3S2. The molecular weight excluding hydrogens is 296 g/mol. The third-order valence-electron chi connectivity index (χ3n) is 3.16. The number of nitrogens with zero attached hydrogens (tertiary/aromatic N) is 1. The number of nitrogens with one attached hydrogen (secondary N) is 1. The second-order valence-corrected chi connectivity index (χ2v) is 7.26. The standard InChI is InChI=1S/C13H12N2O3S2/c16-13-11(5-7-19-13)15-20(17,18)12-3-1-2-9-8-14-6-4-10(9)12/h1-4,6,8,11,15H,5,7H2. The number of benzene rings is 1. The average molecular weight is 308 g/mol. The maximum absolute atomic E-state index is 12.5. The Hall–Kier alpha value is -1.44. The van der Waals surface area contributed by atoms with E-state index in [0.29, 0.717) is 17.6 Å². The zero-order chi connectivity index (χ0) is 14.2. The molecule has 0 saturated carbocycles. The van der Waals surface area contributed by atoms with Crippen molar-refractivity contribution in [3.63, 3.8) is 0 Å². The van der Waals surface area contributed by atoms with Gasteiger partial charge in [0, 0.05) is 28.9 Å². The van der Waals surface area contributed by atoms with Crippen LogP contribution in [0.25, 0.3) is 10.8 Å². The molecule has 2 heterocycles. The van der Waals surface area contributed by atoms with E-state index in [4.69, 9.17) is 0 Å². The molecule has 2 aromatic rings. The third kappa shape index (κ3) is 2.44. The van der Waals surface area contributed by atoms with Crippen molar-refractivity contribution in [1.82, 2.24) is 9.71 Å². The number of pyridine rings is 1. The van der Waals surface area contributed by atoms with Crippen LogP contribution in [-0.4, -0.2) is 30.3 Å². The molecule has 1 atom stereocenters. The quantitative estimate of drug-likeness (QED) is 0.931. The van der Waals surface area contributed by atoms with E-state index in [1.807, 2.05) is 0 Å². The first-order valence-electron chi connectivity index (χ1n) is 6.10. The highest BCUT2D eigenvalue weighted by Gasteiger charge is 2.30. The summed E-state index contributed by atoms with van der Waals surface area (Å²) in [5.74, 6) is 0.658. The van der Waals surface area contributed by atoms with Crippen LogP contribution >= 0.6 is 11.8 Å². The summed E-state index contributed by atoms with van der Waals surface area (Å²) >= 11 is 1.17. The lowest BCUT2D eigenvalue weighted by Crippen LogP contribution is -2.37. The van der Waals surface area contributed by atoms with Crippen LogP contribution in [-0.2, 0) is 14.8 Å². The van der Waals surface area contributed by atoms with Gasteiger partial charge in [-0.1, -0.05) is 23.9 Å². The first-order valence-corrected chi connectivity index (χ1v) is 8.56. The molecule has 1 N–H and O–H groups in total. The van der Waals surface area contributed by atoms with Gasteiger partial charge in [-0.2, -0.15) is 4.72 Å². The average Bonchev–Trinajstić information content (AvgIpc) is 2.83. The summed E-state index contributed by atoms with van der Waals surface area (Å²) in [5.41, 5.74) is 0. The maximum Gasteiger partial charge on any atom is 0.241 e. The summed E-state index contributed by atoms with van der Waals surface area (Å²) in [5, 5.41) is 1.24.